The standard InChI is InChI=1S/C20H30N6O4/c1-20(2,3)30-19(29)24-13-15-11-14(8-9-16(15)18(28)22-4)12-23-17(27)7-5-6-10-25-26-21/h8-9,11H,5-7,10,12-13H2,1-4H3,(H,22,28)(H,23,27)(H,24,29). The van der Waals surface area contributed by atoms with Crippen molar-refractivity contribution in [1.29, 1.82) is 0 Å². The van der Waals surface area contributed by atoms with Gasteiger partial charge < -0.3 is 20.7 Å². The summed E-state index contributed by atoms with van der Waals surface area (Å²) in [6.45, 7) is 6.08. The van der Waals surface area contributed by atoms with E-state index in [9.17, 15) is 14.4 Å². The first-order valence-corrected chi connectivity index (χ1v) is 9.74. The fraction of sp³-hybridized carbons (Fsp3) is 0.550. The molecule has 0 radical (unpaired) electrons. The molecular formula is C20H30N6O4. The fourth-order valence-electron chi connectivity index (χ4n) is 2.54. The predicted molar refractivity (Wildman–Crippen MR) is 113 cm³/mol. The summed E-state index contributed by atoms with van der Waals surface area (Å²) in [6.07, 6.45) is 1.04. The van der Waals surface area contributed by atoms with Crippen molar-refractivity contribution in [3.8, 4) is 0 Å². The normalized spacial score (nSPS) is 10.5. The quantitative estimate of drug-likeness (QED) is 0.232. The van der Waals surface area contributed by atoms with E-state index in [1.165, 1.54) is 7.05 Å². The molecule has 1 aromatic carbocycles. The van der Waals surface area contributed by atoms with Crippen LogP contribution >= 0.6 is 0 Å². The lowest BCUT2D eigenvalue weighted by molar-refractivity contribution is -0.121. The average molecular weight is 418 g/mol. The zero-order valence-corrected chi connectivity index (χ0v) is 17.9. The first-order valence-electron chi connectivity index (χ1n) is 9.74. The molecule has 0 atom stereocenters. The summed E-state index contributed by atoms with van der Waals surface area (Å²) in [6, 6.07) is 5.18. The van der Waals surface area contributed by atoms with Gasteiger partial charge in [-0.2, -0.15) is 0 Å². The fourth-order valence-corrected chi connectivity index (χ4v) is 2.54. The van der Waals surface area contributed by atoms with Crippen LogP contribution in [-0.4, -0.2) is 37.1 Å². The third-order valence-corrected chi connectivity index (χ3v) is 3.93. The Labute approximate surface area is 176 Å². The molecule has 0 heterocycles. The molecule has 0 aliphatic heterocycles. The van der Waals surface area contributed by atoms with Gasteiger partial charge in [0.2, 0.25) is 5.91 Å². The number of nitrogens with zero attached hydrogens (tertiary/aromatic N) is 3. The van der Waals surface area contributed by atoms with Crippen LogP contribution in [0.4, 0.5) is 4.79 Å². The minimum atomic E-state index is -0.624. The molecule has 0 saturated carbocycles. The smallest absolute Gasteiger partial charge is 0.407 e. The minimum Gasteiger partial charge on any atom is -0.444 e. The number of azide groups is 1. The highest BCUT2D eigenvalue weighted by molar-refractivity contribution is 5.95. The molecule has 0 bridgehead atoms. The van der Waals surface area contributed by atoms with Crippen molar-refractivity contribution in [3.05, 3.63) is 45.3 Å². The van der Waals surface area contributed by atoms with Gasteiger partial charge >= 0.3 is 6.09 Å². The first-order chi connectivity index (χ1) is 14.2. The van der Waals surface area contributed by atoms with E-state index in [0.717, 1.165) is 5.56 Å². The summed E-state index contributed by atoms with van der Waals surface area (Å²) >= 11 is 0. The average Bonchev–Trinajstić information content (AvgIpc) is 2.68. The maximum absolute atomic E-state index is 12.1. The third kappa shape index (κ3) is 9.79. The molecule has 1 aromatic rings. The number of ether oxygens (including phenoxy) is 1. The molecule has 164 valence electrons. The van der Waals surface area contributed by atoms with Gasteiger partial charge in [-0.1, -0.05) is 17.2 Å². The second-order valence-corrected chi connectivity index (χ2v) is 7.61. The van der Waals surface area contributed by atoms with Crippen LogP contribution in [0.1, 0.15) is 61.5 Å². The number of carbonyl (C=O) groups is 3. The summed E-state index contributed by atoms with van der Waals surface area (Å²) in [7, 11) is 1.53. The highest BCUT2D eigenvalue weighted by atomic mass is 16.6. The number of nitrogens with one attached hydrogen (secondary N) is 3. The van der Waals surface area contributed by atoms with Crippen LogP contribution in [0.25, 0.3) is 10.4 Å². The van der Waals surface area contributed by atoms with Crippen molar-refractivity contribution < 1.29 is 19.1 Å². The van der Waals surface area contributed by atoms with Gasteiger partial charge in [0.15, 0.2) is 0 Å². The zero-order valence-electron chi connectivity index (χ0n) is 17.9. The van der Waals surface area contributed by atoms with Crippen molar-refractivity contribution in [1.82, 2.24) is 16.0 Å². The van der Waals surface area contributed by atoms with Crippen LogP contribution in [0.15, 0.2) is 23.3 Å². The van der Waals surface area contributed by atoms with Gasteiger partial charge in [-0.3, -0.25) is 9.59 Å². The van der Waals surface area contributed by atoms with Crippen LogP contribution in [0, 0.1) is 0 Å². The molecule has 10 heteroatoms. The number of amides is 3. The molecule has 10 nitrogen and oxygen atoms in total. The lowest BCUT2D eigenvalue weighted by Crippen LogP contribution is -2.33. The molecule has 0 saturated heterocycles. The minimum absolute atomic E-state index is 0.110. The van der Waals surface area contributed by atoms with Gasteiger partial charge in [-0.15, -0.1) is 0 Å². The molecule has 0 fully saturated rings. The van der Waals surface area contributed by atoms with Crippen LogP contribution in [-0.2, 0) is 22.6 Å². The van der Waals surface area contributed by atoms with E-state index in [1.807, 2.05) is 0 Å². The van der Waals surface area contributed by atoms with Crippen molar-refractivity contribution in [3.63, 3.8) is 0 Å². The molecule has 0 aliphatic carbocycles. The molecule has 3 amide bonds. The second-order valence-electron chi connectivity index (χ2n) is 7.61. The van der Waals surface area contributed by atoms with Gasteiger partial charge in [0.25, 0.3) is 5.91 Å². The summed E-state index contributed by atoms with van der Waals surface area (Å²) in [5.41, 5.74) is 9.44. The Morgan fingerprint density at radius 3 is 2.50 bits per heavy atom. The molecule has 0 aromatic heterocycles. The van der Waals surface area contributed by atoms with Crippen LogP contribution < -0.4 is 16.0 Å². The Morgan fingerprint density at radius 2 is 1.87 bits per heavy atom. The van der Waals surface area contributed by atoms with Crippen molar-refractivity contribution in [2.45, 2.75) is 58.7 Å². The number of hydrogen-bond donors (Lipinski definition) is 3. The monoisotopic (exact) mass is 418 g/mol. The highest BCUT2D eigenvalue weighted by Gasteiger charge is 2.17. The van der Waals surface area contributed by atoms with Gasteiger partial charge in [-0.05, 0) is 56.3 Å². The molecule has 0 aliphatic rings. The highest BCUT2D eigenvalue weighted by Crippen LogP contribution is 2.14. The maximum atomic E-state index is 12.1. The predicted octanol–water partition coefficient (Wildman–Crippen LogP) is 3.17. The number of alkyl carbamates (subject to hydrolysis) is 1. The van der Waals surface area contributed by atoms with Crippen molar-refractivity contribution >= 4 is 17.9 Å². The van der Waals surface area contributed by atoms with E-state index in [1.54, 1.807) is 39.0 Å². The molecule has 0 unspecified atom stereocenters. The summed E-state index contributed by atoms with van der Waals surface area (Å²) in [4.78, 5) is 38.7. The van der Waals surface area contributed by atoms with E-state index in [-0.39, 0.29) is 18.4 Å². The van der Waals surface area contributed by atoms with E-state index in [4.69, 9.17) is 10.3 Å². The zero-order chi connectivity index (χ0) is 22.6. The van der Waals surface area contributed by atoms with Gasteiger partial charge in [-0.25, -0.2) is 4.79 Å². The van der Waals surface area contributed by atoms with Crippen LogP contribution in [0.2, 0.25) is 0 Å². The van der Waals surface area contributed by atoms with E-state index < -0.39 is 11.7 Å². The number of carbonyl (C=O) groups excluding carboxylic acids is 3. The Bertz CT molecular complexity index is 797. The van der Waals surface area contributed by atoms with E-state index >= 15 is 0 Å². The van der Waals surface area contributed by atoms with Gasteiger partial charge in [0.05, 0.1) is 0 Å². The number of hydrogen-bond acceptors (Lipinski definition) is 5. The third-order valence-electron chi connectivity index (χ3n) is 3.93. The molecule has 0 spiro atoms. The Balaban J connectivity index is 2.71. The molecule has 1 rings (SSSR count). The summed E-state index contributed by atoms with van der Waals surface area (Å²) < 4.78 is 5.22. The number of rotatable bonds is 10. The van der Waals surface area contributed by atoms with E-state index in [2.05, 4.69) is 26.0 Å². The Morgan fingerprint density at radius 1 is 1.13 bits per heavy atom. The lowest BCUT2D eigenvalue weighted by atomic mass is 10.0. The Hall–Kier alpha value is -3.26. The van der Waals surface area contributed by atoms with Crippen LogP contribution in [0.5, 0.6) is 0 Å². The SMILES string of the molecule is CNC(=O)c1ccc(CNC(=O)CCCCN=[N+]=[N-])cc1CNC(=O)OC(C)(C)C. The maximum Gasteiger partial charge on any atom is 0.407 e. The summed E-state index contributed by atoms with van der Waals surface area (Å²) in [5, 5.41) is 11.5. The first kappa shape index (κ1) is 24.8. The van der Waals surface area contributed by atoms with Crippen molar-refractivity contribution in [2.75, 3.05) is 13.6 Å². The molecule has 30 heavy (non-hydrogen) atoms. The second kappa shape index (κ2) is 12.3. The van der Waals surface area contributed by atoms with Crippen LogP contribution in [0.3, 0.4) is 0 Å². The molecule has 3 N–H and O–H groups in total. The van der Waals surface area contributed by atoms with Gasteiger partial charge in [0.1, 0.15) is 5.60 Å². The topological polar surface area (TPSA) is 145 Å². The molecular weight excluding hydrogens is 388 g/mol. The number of unbranched alkanes of at least 4 members (excludes halogenated alkanes) is 1. The summed E-state index contributed by atoms with van der Waals surface area (Å²) in [5.74, 6) is -0.383. The number of benzene rings is 1. The van der Waals surface area contributed by atoms with Gasteiger partial charge in [0, 0.05) is 43.6 Å². The van der Waals surface area contributed by atoms with E-state index in [0.29, 0.717) is 43.5 Å². The lowest BCUT2D eigenvalue weighted by Gasteiger charge is -2.20. The largest absolute Gasteiger partial charge is 0.444 e. The van der Waals surface area contributed by atoms with Crippen molar-refractivity contribution in [2.24, 2.45) is 5.11 Å². The Kier molecular flexibility index (Phi) is 10.2.